The number of aryl methyl sites for hydroxylation is 2. The van der Waals surface area contributed by atoms with Crippen LogP contribution in [0, 0.1) is 5.82 Å². The number of carboxylic acids is 1. The number of alkyl halides is 3. The van der Waals surface area contributed by atoms with Crippen LogP contribution in [-0.2, 0) is 17.6 Å². The van der Waals surface area contributed by atoms with E-state index in [1.54, 1.807) is 18.7 Å². The maximum Gasteiger partial charge on any atom is 0.573 e. The molecule has 2 aliphatic rings. The van der Waals surface area contributed by atoms with E-state index in [2.05, 4.69) is 27.1 Å². The van der Waals surface area contributed by atoms with E-state index in [0.717, 1.165) is 69.2 Å². The van der Waals surface area contributed by atoms with Gasteiger partial charge in [-0.3, -0.25) is 9.69 Å². The van der Waals surface area contributed by atoms with Crippen LogP contribution in [0.4, 0.5) is 23.4 Å². The highest BCUT2D eigenvalue weighted by Crippen LogP contribution is 2.39. The lowest BCUT2D eigenvalue weighted by Crippen LogP contribution is -2.38. The number of halogens is 4. The van der Waals surface area contributed by atoms with E-state index >= 15 is 0 Å². The van der Waals surface area contributed by atoms with Gasteiger partial charge in [-0.05, 0) is 87.4 Å². The quantitative estimate of drug-likeness (QED) is 0.231. The standard InChI is InChI=1S/C30H40F4N4O3/c1-19(2)21-16-24(27(25(31)17-21)41-30(32,33)34)26(29(39)40)38-15-12-23(18-38)37(3)14-6-4-5-9-22-11-10-20-8-7-13-35-28(20)36-22/h10-11,16-17,19,23,26H,4-9,12-15,18H2,1-3H3,(H,35,36)(H,39,40)/t23-,26+/m1/s1. The van der Waals surface area contributed by atoms with E-state index in [1.807, 2.05) is 7.05 Å². The van der Waals surface area contributed by atoms with E-state index in [9.17, 15) is 27.5 Å². The van der Waals surface area contributed by atoms with E-state index in [4.69, 9.17) is 4.98 Å². The topological polar surface area (TPSA) is 77.9 Å². The number of anilines is 1. The minimum Gasteiger partial charge on any atom is -0.480 e. The van der Waals surface area contributed by atoms with Crippen LogP contribution in [0.25, 0.3) is 0 Å². The molecular weight excluding hydrogens is 540 g/mol. The Hall–Kier alpha value is -2.92. The molecule has 41 heavy (non-hydrogen) atoms. The summed E-state index contributed by atoms with van der Waals surface area (Å²) >= 11 is 0. The molecule has 2 atom stereocenters. The van der Waals surface area contributed by atoms with Gasteiger partial charge in [-0.2, -0.15) is 0 Å². The second-order valence-electron chi connectivity index (χ2n) is 11.4. The molecule has 2 aliphatic heterocycles. The second kappa shape index (κ2) is 13.4. The van der Waals surface area contributed by atoms with Crippen LogP contribution in [0.2, 0.25) is 0 Å². The van der Waals surface area contributed by atoms with Gasteiger partial charge in [0, 0.05) is 36.9 Å². The molecule has 2 aromatic rings. The van der Waals surface area contributed by atoms with Crippen LogP contribution >= 0.6 is 0 Å². The summed E-state index contributed by atoms with van der Waals surface area (Å²) in [4.78, 5) is 20.9. The van der Waals surface area contributed by atoms with E-state index in [-0.39, 0.29) is 17.5 Å². The molecule has 1 fully saturated rings. The zero-order valence-corrected chi connectivity index (χ0v) is 23.9. The molecule has 0 saturated carbocycles. The largest absolute Gasteiger partial charge is 0.573 e. The fraction of sp³-hybridized carbons (Fsp3) is 0.600. The highest BCUT2D eigenvalue weighted by Gasteiger charge is 2.40. The number of hydrogen-bond acceptors (Lipinski definition) is 6. The van der Waals surface area contributed by atoms with Crippen molar-refractivity contribution in [2.75, 3.05) is 38.5 Å². The summed E-state index contributed by atoms with van der Waals surface area (Å²) in [5.74, 6) is -2.84. The number of aromatic nitrogens is 1. The van der Waals surface area contributed by atoms with Gasteiger partial charge in [0.2, 0.25) is 0 Å². The Morgan fingerprint density at radius 2 is 2.02 bits per heavy atom. The number of ether oxygens (including phenoxy) is 1. The molecule has 0 aliphatic carbocycles. The van der Waals surface area contributed by atoms with E-state index < -0.39 is 29.9 Å². The number of carboxylic acid groups (broad SMARTS) is 1. The Labute approximate surface area is 238 Å². The Kier molecular flexibility index (Phi) is 10.1. The minimum absolute atomic E-state index is 0.0374. The number of aliphatic carboxylic acids is 1. The molecule has 0 unspecified atom stereocenters. The summed E-state index contributed by atoms with van der Waals surface area (Å²) in [6.45, 7) is 6.02. The zero-order valence-electron chi connectivity index (χ0n) is 23.9. The van der Waals surface area contributed by atoms with Crippen LogP contribution in [0.1, 0.15) is 80.3 Å². The van der Waals surface area contributed by atoms with Crippen molar-refractivity contribution in [2.24, 2.45) is 0 Å². The van der Waals surface area contributed by atoms with Crippen molar-refractivity contribution in [3.8, 4) is 5.75 Å². The third-order valence-corrected chi connectivity index (χ3v) is 8.09. The molecular formula is C30H40F4N4O3. The fourth-order valence-electron chi connectivity index (χ4n) is 5.78. The number of pyridine rings is 1. The van der Waals surface area contributed by atoms with Crippen molar-refractivity contribution in [2.45, 2.75) is 83.2 Å². The summed E-state index contributed by atoms with van der Waals surface area (Å²) in [6, 6.07) is 5.16. The number of nitrogens with one attached hydrogen (secondary N) is 1. The van der Waals surface area contributed by atoms with Crippen LogP contribution in [0.15, 0.2) is 24.3 Å². The van der Waals surface area contributed by atoms with Crippen molar-refractivity contribution >= 4 is 11.8 Å². The maximum absolute atomic E-state index is 14.9. The summed E-state index contributed by atoms with van der Waals surface area (Å²) in [7, 11) is 1.98. The number of carbonyl (C=O) groups is 1. The minimum atomic E-state index is -5.15. The molecule has 1 saturated heterocycles. The smallest absolute Gasteiger partial charge is 0.480 e. The van der Waals surface area contributed by atoms with Gasteiger partial charge < -0.3 is 20.1 Å². The van der Waals surface area contributed by atoms with Gasteiger partial charge in [-0.15, -0.1) is 13.2 Å². The van der Waals surface area contributed by atoms with Crippen molar-refractivity contribution in [1.29, 1.82) is 0 Å². The summed E-state index contributed by atoms with van der Waals surface area (Å²) < 4.78 is 58.3. The highest BCUT2D eigenvalue weighted by atomic mass is 19.4. The number of fused-ring (bicyclic) bond motifs is 1. The normalized spacial score (nSPS) is 18.4. The SMILES string of the molecule is CC(C)c1cc(F)c(OC(F)(F)F)c([C@@H](C(=O)O)N2CC[C@@H](N(C)CCCCCc3ccc4c(n3)NCCC4)C2)c1. The lowest BCUT2D eigenvalue weighted by atomic mass is 9.95. The van der Waals surface area contributed by atoms with Crippen LogP contribution in [0.3, 0.4) is 0 Å². The number of hydrogen-bond donors (Lipinski definition) is 2. The fourth-order valence-corrected chi connectivity index (χ4v) is 5.78. The molecule has 3 heterocycles. The highest BCUT2D eigenvalue weighted by molar-refractivity contribution is 5.77. The third kappa shape index (κ3) is 8.09. The Bertz CT molecular complexity index is 1210. The van der Waals surface area contributed by atoms with Crippen molar-refractivity contribution in [3.63, 3.8) is 0 Å². The Morgan fingerprint density at radius 3 is 2.73 bits per heavy atom. The predicted octanol–water partition coefficient (Wildman–Crippen LogP) is 6.15. The van der Waals surface area contributed by atoms with Crippen LogP contribution < -0.4 is 10.1 Å². The zero-order chi connectivity index (χ0) is 29.7. The molecule has 0 radical (unpaired) electrons. The first kappa shape index (κ1) is 31.0. The van der Waals surface area contributed by atoms with Gasteiger partial charge in [0.05, 0.1) is 0 Å². The number of likely N-dealkylation sites (N-methyl/N-ethyl adjacent to an activating group) is 1. The number of rotatable bonds is 12. The lowest BCUT2D eigenvalue weighted by Gasteiger charge is -2.29. The van der Waals surface area contributed by atoms with Gasteiger partial charge in [0.15, 0.2) is 11.6 Å². The van der Waals surface area contributed by atoms with E-state index in [0.29, 0.717) is 25.1 Å². The van der Waals surface area contributed by atoms with Crippen molar-refractivity contribution < 1.29 is 32.2 Å². The third-order valence-electron chi connectivity index (χ3n) is 8.09. The molecule has 11 heteroatoms. The second-order valence-corrected chi connectivity index (χ2v) is 11.4. The number of likely N-dealkylation sites (tertiary alicyclic amines) is 1. The number of nitrogens with zero attached hydrogens (tertiary/aromatic N) is 3. The number of unbranched alkanes of at least 4 members (excludes halogenated alkanes) is 2. The van der Waals surface area contributed by atoms with Crippen LogP contribution in [-0.4, -0.2) is 71.5 Å². The number of benzene rings is 1. The first-order chi connectivity index (χ1) is 19.4. The molecule has 7 nitrogen and oxygen atoms in total. The average Bonchev–Trinajstić information content (AvgIpc) is 3.39. The monoisotopic (exact) mass is 580 g/mol. The first-order valence-corrected chi connectivity index (χ1v) is 14.4. The van der Waals surface area contributed by atoms with Gasteiger partial charge in [0.25, 0.3) is 0 Å². The Morgan fingerprint density at radius 1 is 1.24 bits per heavy atom. The van der Waals surface area contributed by atoms with Crippen molar-refractivity contribution in [3.05, 3.63) is 52.5 Å². The molecule has 1 aromatic heterocycles. The van der Waals surface area contributed by atoms with E-state index in [1.165, 1.54) is 11.6 Å². The first-order valence-electron chi connectivity index (χ1n) is 14.4. The van der Waals surface area contributed by atoms with Crippen molar-refractivity contribution in [1.82, 2.24) is 14.8 Å². The summed E-state index contributed by atoms with van der Waals surface area (Å²) in [5.41, 5.74) is 2.46. The lowest BCUT2D eigenvalue weighted by molar-refractivity contribution is -0.276. The average molecular weight is 581 g/mol. The van der Waals surface area contributed by atoms with Gasteiger partial charge in [-0.1, -0.05) is 26.3 Å². The van der Waals surface area contributed by atoms with Gasteiger partial charge in [0.1, 0.15) is 11.9 Å². The summed E-state index contributed by atoms with van der Waals surface area (Å²) in [5, 5.41) is 13.5. The summed E-state index contributed by atoms with van der Waals surface area (Å²) in [6.07, 6.45) is 1.61. The molecule has 0 spiro atoms. The molecule has 2 N–H and O–H groups in total. The molecule has 1 aromatic carbocycles. The van der Waals surface area contributed by atoms with Crippen LogP contribution in [0.5, 0.6) is 5.75 Å². The maximum atomic E-state index is 14.9. The molecule has 226 valence electrons. The Balaban J connectivity index is 1.34. The predicted molar refractivity (Wildman–Crippen MR) is 149 cm³/mol. The molecule has 4 rings (SSSR count). The van der Waals surface area contributed by atoms with Gasteiger partial charge >= 0.3 is 12.3 Å². The molecule has 0 amide bonds. The molecule has 0 bridgehead atoms. The van der Waals surface area contributed by atoms with Gasteiger partial charge in [-0.25, -0.2) is 9.37 Å².